The molecule has 2 saturated carbocycles. The van der Waals surface area contributed by atoms with E-state index in [0.717, 1.165) is 30.4 Å². The van der Waals surface area contributed by atoms with Crippen LogP contribution < -0.4 is 9.46 Å². The number of hydrogen-bond donors (Lipinski definition) is 2. The van der Waals surface area contributed by atoms with E-state index in [1.807, 2.05) is 6.07 Å². The SMILES string of the molecule is COc1cc(C(=O)O)ccc1NS(=O)(=O)c1ccc(C2CCCCCC(C3CCCCCCCCCCC3)CCCC2)nc1. The predicted octanol–water partition coefficient (Wildman–Crippen LogP) is 9.73. The van der Waals surface area contributed by atoms with Gasteiger partial charge in [-0.1, -0.05) is 116 Å². The van der Waals surface area contributed by atoms with Gasteiger partial charge in [-0.2, -0.15) is 0 Å². The molecule has 2 atom stereocenters. The van der Waals surface area contributed by atoms with E-state index in [0.29, 0.717) is 5.92 Å². The van der Waals surface area contributed by atoms with Gasteiger partial charge in [-0.05, 0) is 55.0 Å². The van der Waals surface area contributed by atoms with Gasteiger partial charge in [0, 0.05) is 17.8 Å². The summed E-state index contributed by atoms with van der Waals surface area (Å²) in [5.41, 5.74) is 1.17. The molecule has 0 bridgehead atoms. The molecule has 7 nitrogen and oxygen atoms in total. The number of aromatic nitrogens is 1. The zero-order valence-electron chi connectivity index (χ0n) is 26.8. The van der Waals surface area contributed by atoms with Crippen LogP contribution in [0, 0.1) is 11.8 Å². The standard InChI is InChI=1S/C36H54N2O5S/c1-43-35-26-31(36(39)40)22-24-34(35)38-44(41,42)32-23-25-33(37-27-32)30-20-13-9-12-18-29(19-14-15-21-30)28-16-10-7-5-3-2-4-6-8-11-17-28/h22-30,38H,2-21H2,1H3,(H,39,40). The van der Waals surface area contributed by atoms with Crippen molar-refractivity contribution in [3.8, 4) is 5.75 Å². The van der Waals surface area contributed by atoms with Crippen molar-refractivity contribution >= 4 is 21.7 Å². The minimum atomic E-state index is -3.92. The molecule has 2 aliphatic rings. The quantitative estimate of drug-likeness (QED) is 0.317. The van der Waals surface area contributed by atoms with Gasteiger partial charge < -0.3 is 9.84 Å². The number of rotatable bonds is 7. The first-order valence-corrected chi connectivity index (χ1v) is 18.8. The van der Waals surface area contributed by atoms with Crippen LogP contribution in [0.3, 0.4) is 0 Å². The first-order valence-electron chi connectivity index (χ1n) is 17.3. The van der Waals surface area contributed by atoms with Crippen LogP contribution in [0.1, 0.15) is 150 Å². The highest BCUT2D eigenvalue weighted by Gasteiger charge is 2.23. The van der Waals surface area contributed by atoms with Crippen molar-refractivity contribution in [3.05, 3.63) is 47.8 Å². The summed E-state index contributed by atoms with van der Waals surface area (Å²) >= 11 is 0. The maximum Gasteiger partial charge on any atom is 0.335 e. The summed E-state index contributed by atoms with van der Waals surface area (Å²) in [5.74, 6) is 1.17. The molecule has 0 aliphatic heterocycles. The Morgan fingerprint density at radius 1 is 0.750 bits per heavy atom. The van der Waals surface area contributed by atoms with Crippen molar-refractivity contribution in [1.29, 1.82) is 0 Å². The highest BCUT2D eigenvalue weighted by atomic mass is 32.2. The van der Waals surface area contributed by atoms with Gasteiger partial charge in [0.05, 0.1) is 18.4 Å². The molecule has 1 aromatic heterocycles. The topological polar surface area (TPSA) is 106 Å². The van der Waals surface area contributed by atoms with E-state index >= 15 is 0 Å². The van der Waals surface area contributed by atoms with Crippen molar-refractivity contribution in [1.82, 2.24) is 4.98 Å². The lowest BCUT2D eigenvalue weighted by Crippen LogP contribution is -2.16. The highest BCUT2D eigenvalue weighted by molar-refractivity contribution is 7.92. The number of benzene rings is 1. The second-order valence-electron chi connectivity index (χ2n) is 13.1. The molecule has 0 saturated heterocycles. The fourth-order valence-electron chi connectivity index (χ4n) is 7.40. The summed E-state index contributed by atoms with van der Waals surface area (Å²) in [7, 11) is -2.55. The molecule has 2 unspecified atom stereocenters. The minimum Gasteiger partial charge on any atom is -0.495 e. The van der Waals surface area contributed by atoms with Crippen molar-refractivity contribution in [3.63, 3.8) is 0 Å². The fourth-order valence-corrected chi connectivity index (χ4v) is 8.41. The van der Waals surface area contributed by atoms with Gasteiger partial charge in [-0.25, -0.2) is 13.2 Å². The Kier molecular flexibility index (Phi) is 13.8. The van der Waals surface area contributed by atoms with Crippen molar-refractivity contribution in [2.24, 2.45) is 11.8 Å². The normalized spacial score (nSPS) is 22.5. The Hall–Kier alpha value is -2.61. The van der Waals surface area contributed by atoms with Crippen molar-refractivity contribution in [2.45, 2.75) is 139 Å². The Morgan fingerprint density at radius 3 is 1.77 bits per heavy atom. The first-order chi connectivity index (χ1) is 21.4. The molecule has 244 valence electrons. The van der Waals surface area contributed by atoms with Crippen LogP contribution in [0.15, 0.2) is 41.4 Å². The maximum atomic E-state index is 13.1. The summed E-state index contributed by atoms with van der Waals surface area (Å²) in [6.07, 6.45) is 28.3. The first kappa shape index (κ1) is 34.3. The van der Waals surface area contributed by atoms with Crippen LogP contribution >= 0.6 is 0 Å². The third-order valence-corrected chi connectivity index (χ3v) is 11.4. The molecule has 2 aliphatic carbocycles. The average molecular weight is 627 g/mol. The number of nitrogens with zero attached hydrogens (tertiary/aromatic N) is 1. The molecule has 2 fully saturated rings. The van der Waals surface area contributed by atoms with E-state index in [2.05, 4.69) is 9.71 Å². The van der Waals surface area contributed by atoms with Gasteiger partial charge in [-0.15, -0.1) is 0 Å². The van der Waals surface area contributed by atoms with Crippen LogP contribution in [-0.4, -0.2) is 31.6 Å². The molecular formula is C36H54N2O5S. The van der Waals surface area contributed by atoms with Gasteiger partial charge in [-0.3, -0.25) is 9.71 Å². The number of aromatic carboxylic acids is 1. The smallest absolute Gasteiger partial charge is 0.335 e. The summed E-state index contributed by atoms with van der Waals surface area (Å²) in [6.45, 7) is 0. The number of methoxy groups -OCH3 is 1. The number of carboxylic acid groups (broad SMARTS) is 1. The Bertz CT molecular complexity index is 1250. The molecule has 1 aromatic carbocycles. The summed E-state index contributed by atoms with van der Waals surface area (Å²) in [6, 6.07) is 7.55. The number of sulfonamides is 1. The summed E-state index contributed by atoms with van der Waals surface area (Å²) < 4.78 is 34.0. The molecule has 2 aromatic rings. The molecule has 1 heterocycles. The van der Waals surface area contributed by atoms with Crippen LogP contribution in [0.2, 0.25) is 0 Å². The lowest BCUT2D eigenvalue weighted by atomic mass is 9.78. The number of pyridine rings is 1. The van der Waals surface area contributed by atoms with E-state index in [1.54, 1.807) is 6.07 Å². The average Bonchev–Trinajstić information content (AvgIpc) is 3.06. The molecule has 0 amide bonds. The van der Waals surface area contributed by atoms with Gasteiger partial charge >= 0.3 is 5.97 Å². The lowest BCUT2D eigenvalue weighted by Gasteiger charge is -2.28. The van der Waals surface area contributed by atoms with Gasteiger partial charge in [0.2, 0.25) is 0 Å². The monoisotopic (exact) mass is 626 g/mol. The van der Waals surface area contributed by atoms with Crippen molar-refractivity contribution in [2.75, 3.05) is 11.8 Å². The second kappa shape index (κ2) is 17.8. The van der Waals surface area contributed by atoms with Crippen LogP contribution in [0.25, 0.3) is 0 Å². The predicted molar refractivity (Wildman–Crippen MR) is 177 cm³/mol. The molecule has 8 heteroatoms. The molecule has 0 spiro atoms. The zero-order valence-corrected chi connectivity index (χ0v) is 27.6. The van der Waals surface area contributed by atoms with E-state index in [-0.39, 0.29) is 21.9 Å². The van der Waals surface area contributed by atoms with Crippen molar-refractivity contribution < 1.29 is 23.1 Å². The minimum absolute atomic E-state index is 0.0177. The van der Waals surface area contributed by atoms with Gasteiger partial charge in [0.15, 0.2) is 0 Å². The number of hydrogen-bond acceptors (Lipinski definition) is 5. The summed E-state index contributed by atoms with van der Waals surface area (Å²) in [5, 5.41) is 9.23. The molecule has 44 heavy (non-hydrogen) atoms. The van der Waals surface area contributed by atoms with Gasteiger partial charge in [0.25, 0.3) is 10.0 Å². The molecular weight excluding hydrogens is 572 g/mol. The number of carboxylic acids is 1. The van der Waals surface area contributed by atoms with Crippen LogP contribution in [-0.2, 0) is 10.0 Å². The van der Waals surface area contributed by atoms with E-state index in [4.69, 9.17) is 4.74 Å². The van der Waals surface area contributed by atoms with E-state index < -0.39 is 16.0 Å². The number of nitrogens with one attached hydrogen (secondary N) is 1. The molecule has 2 N–H and O–H groups in total. The Balaban J connectivity index is 1.35. The van der Waals surface area contributed by atoms with E-state index in [9.17, 15) is 18.3 Å². The number of anilines is 1. The third-order valence-electron chi connectivity index (χ3n) is 10.0. The number of carbonyl (C=O) groups is 1. The fraction of sp³-hybridized carbons (Fsp3) is 0.667. The second-order valence-corrected chi connectivity index (χ2v) is 14.8. The molecule has 4 rings (SSSR count). The largest absolute Gasteiger partial charge is 0.495 e. The van der Waals surface area contributed by atoms with Crippen LogP contribution in [0.4, 0.5) is 5.69 Å². The van der Waals surface area contributed by atoms with Crippen LogP contribution in [0.5, 0.6) is 5.75 Å². The summed E-state index contributed by atoms with van der Waals surface area (Å²) in [4.78, 5) is 16.0. The highest BCUT2D eigenvalue weighted by Crippen LogP contribution is 2.36. The maximum absolute atomic E-state index is 13.1. The lowest BCUT2D eigenvalue weighted by molar-refractivity contribution is 0.0696. The Labute approximate surface area is 265 Å². The van der Waals surface area contributed by atoms with E-state index in [1.165, 1.54) is 147 Å². The zero-order chi connectivity index (χ0) is 31.2. The molecule has 0 radical (unpaired) electrons. The van der Waals surface area contributed by atoms with Gasteiger partial charge in [0.1, 0.15) is 10.6 Å². The number of ether oxygens (including phenoxy) is 1. The third kappa shape index (κ3) is 10.5. The Morgan fingerprint density at radius 2 is 1.25 bits per heavy atom.